The van der Waals surface area contributed by atoms with Crippen molar-refractivity contribution in [3.63, 3.8) is 0 Å². The second-order valence-corrected chi connectivity index (χ2v) is 8.52. The van der Waals surface area contributed by atoms with Gasteiger partial charge in [0, 0.05) is 5.39 Å². The summed E-state index contributed by atoms with van der Waals surface area (Å²) in [6.45, 7) is 0. The maximum Gasteiger partial charge on any atom is 0.351 e. The van der Waals surface area contributed by atoms with Crippen molar-refractivity contribution in [3.05, 3.63) is 35.7 Å². The fourth-order valence-corrected chi connectivity index (χ4v) is 3.91. The predicted molar refractivity (Wildman–Crippen MR) is 74.8 cm³/mol. The van der Waals surface area contributed by atoms with E-state index in [4.69, 9.17) is 34.1 Å². The van der Waals surface area contributed by atoms with Gasteiger partial charge in [-0.15, -0.1) is 0 Å². The van der Waals surface area contributed by atoms with E-state index in [-0.39, 0.29) is 5.15 Å². The first kappa shape index (κ1) is 12.2. The van der Waals surface area contributed by atoms with Gasteiger partial charge >= 0.3 is 6.00 Å². The average Bonchev–Trinajstić information content (AvgIpc) is 2.63. The van der Waals surface area contributed by atoms with Crippen molar-refractivity contribution in [2.24, 2.45) is 0 Å². The zero-order valence-corrected chi connectivity index (χ0v) is 11.9. The number of hydrogen-bond acceptors (Lipinski definition) is 3. The van der Waals surface area contributed by atoms with E-state index in [2.05, 4.69) is 9.97 Å². The highest BCUT2D eigenvalue weighted by molar-refractivity contribution is 8.07. The van der Waals surface area contributed by atoms with Crippen LogP contribution in [0.5, 0.6) is 0 Å². The summed E-state index contributed by atoms with van der Waals surface area (Å²) in [5.74, 6) is -3.57. The van der Waals surface area contributed by atoms with E-state index in [0.717, 1.165) is 5.39 Å². The third kappa shape index (κ3) is 1.72. The highest BCUT2D eigenvalue weighted by Crippen LogP contribution is 2.61. The zero-order valence-electron chi connectivity index (χ0n) is 8.72. The fourth-order valence-electron chi connectivity index (χ4n) is 1.97. The van der Waals surface area contributed by atoms with Crippen molar-refractivity contribution in [2.45, 2.75) is 0 Å². The molecular formula is C10H5Cl3N3OP. The Hall–Kier alpha value is -0.800. The van der Waals surface area contributed by atoms with Gasteiger partial charge in [-0.2, -0.15) is 0 Å². The van der Waals surface area contributed by atoms with Crippen molar-refractivity contribution in [1.29, 1.82) is 0 Å². The third-order valence-corrected chi connectivity index (χ3v) is 4.68. The van der Waals surface area contributed by atoms with Crippen molar-refractivity contribution in [1.82, 2.24) is 14.3 Å². The van der Waals surface area contributed by atoms with Crippen LogP contribution in [0, 0.1) is 0 Å². The Labute approximate surface area is 116 Å². The number of para-hydroxylation sites is 1. The van der Waals surface area contributed by atoms with Crippen LogP contribution in [-0.2, 0) is 4.57 Å². The first-order chi connectivity index (χ1) is 8.50. The van der Waals surface area contributed by atoms with Crippen LogP contribution in [0.3, 0.4) is 0 Å². The van der Waals surface area contributed by atoms with Crippen LogP contribution >= 0.6 is 40.1 Å². The Kier molecular flexibility index (Phi) is 2.79. The molecule has 0 atom stereocenters. The minimum Gasteiger partial charge on any atom is -0.264 e. The third-order valence-electron chi connectivity index (χ3n) is 2.62. The Morgan fingerprint density at radius 2 is 1.89 bits per heavy atom. The largest absolute Gasteiger partial charge is 0.351 e. The SMILES string of the molecule is O=P(Cl)(Cl)n1c2ccccc2c2c(Cl)ncnc21. The molecule has 0 N–H and O–H groups in total. The number of nitrogens with zero attached hydrogens (tertiary/aromatic N) is 3. The molecule has 0 aliphatic rings. The normalized spacial score (nSPS) is 12.4. The van der Waals surface area contributed by atoms with E-state index < -0.39 is 6.00 Å². The molecule has 0 aliphatic carbocycles. The van der Waals surface area contributed by atoms with E-state index in [1.807, 2.05) is 12.1 Å². The maximum absolute atomic E-state index is 12.0. The highest BCUT2D eigenvalue weighted by atomic mass is 35.9. The van der Waals surface area contributed by atoms with Gasteiger partial charge in [0.05, 0.1) is 10.9 Å². The van der Waals surface area contributed by atoms with Crippen molar-refractivity contribution in [3.8, 4) is 0 Å². The van der Waals surface area contributed by atoms with Crippen LogP contribution in [0.15, 0.2) is 30.6 Å². The van der Waals surface area contributed by atoms with E-state index in [9.17, 15) is 4.57 Å². The predicted octanol–water partition coefficient (Wildman–Crippen LogP) is 4.67. The standard InChI is InChI=1S/C10H5Cl3N3OP/c11-9-8-6-3-1-2-4-7(6)16(18(12,13)17)10(8)15-5-14-9/h1-5H. The molecule has 0 amide bonds. The lowest BCUT2D eigenvalue weighted by molar-refractivity contribution is 0.589. The van der Waals surface area contributed by atoms with Gasteiger partial charge in [-0.25, -0.2) is 9.97 Å². The smallest absolute Gasteiger partial charge is 0.264 e. The van der Waals surface area contributed by atoms with E-state index in [0.29, 0.717) is 16.6 Å². The van der Waals surface area contributed by atoms with Gasteiger partial charge in [0.15, 0.2) is 5.65 Å². The summed E-state index contributed by atoms with van der Waals surface area (Å²) < 4.78 is 13.3. The minimum absolute atomic E-state index is 0.275. The van der Waals surface area contributed by atoms with Crippen molar-refractivity contribution >= 4 is 62.0 Å². The van der Waals surface area contributed by atoms with E-state index >= 15 is 0 Å². The molecule has 8 heteroatoms. The van der Waals surface area contributed by atoms with Gasteiger partial charge in [-0.05, 0) is 28.5 Å². The quantitative estimate of drug-likeness (QED) is 0.483. The number of halogens is 3. The molecule has 0 aliphatic heterocycles. The Balaban J connectivity index is 2.68. The topological polar surface area (TPSA) is 47.8 Å². The van der Waals surface area contributed by atoms with Gasteiger partial charge in [0.2, 0.25) is 0 Å². The zero-order chi connectivity index (χ0) is 12.9. The van der Waals surface area contributed by atoms with Crippen LogP contribution in [0.4, 0.5) is 0 Å². The van der Waals surface area contributed by atoms with E-state index in [1.165, 1.54) is 10.7 Å². The summed E-state index contributed by atoms with van der Waals surface area (Å²) in [5, 5.41) is 1.63. The number of aromatic nitrogens is 3. The molecule has 4 nitrogen and oxygen atoms in total. The molecule has 3 rings (SSSR count). The van der Waals surface area contributed by atoms with E-state index in [1.54, 1.807) is 12.1 Å². The Morgan fingerprint density at radius 1 is 1.17 bits per heavy atom. The molecule has 2 heterocycles. The highest BCUT2D eigenvalue weighted by Gasteiger charge is 2.25. The Morgan fingerprint density at radius 3 is 2.61 bits per heavy atom. The summed E-state index contributed by atoms with van der Waals surface area (Å²) in [4.78, 5) is 7.99. The van der Waals surface area contributed by atoms with Crippen LogP contribution in [0.1, 0.15) is 0 Å². The molecule has 0 saturated carbocycles. The number of rotatable bonds is 1. The van der Waals surface area contributed by atoms with Gasteiger partial charge < -0.3 is 0 Å². The summed E-state index contributed by atoms with van der Waals surface area (Å²) in [6.07, 6.45) is 1.28. The molecular weight excluding hydrogens is 315 g/mol. The molecule has 0 unspecified atom stereocenters. The fraction of sp³-hybridized carbons (Fsp3) is 0. The average molecular weight is 321 g/mol. The van der Waals surface area contributed by atoms with Crippen LogP contribution < -0.4 is 0 Å². The lowest BCUT2D eigenvalue weighted by Gasteiger charge is -2.06. The van der Waals surface area contributed by atoms with Gasteiger partial charge in [0.25, 0.3) is 0 Å². The second-order valence-electron chi connectivity index (χ2n) is 3.63. The van der Waals surface area contributed by atoms with Gasteiger partial charge in [-0.1, -0.05) is 29.8 Å². The summed E-state index contributed by atoms with van der Waals surface area (Å²) in [6, 6.07) is 7.21. The molecule has 0 bridgehead atoms. The van der Waals surface area contributed by atoms with Crippen molar-refractivity contribution < 1.29 is 4.57 Å². The number of fused-ring (bicyclic) bond motifs is 3. The second kappa shape index (κ2) is 4.10. The first-order valence-electron chi connectivity index (χ1n) is 4.90. The summed E-state index contributed by atoms with van der Waals surface area (Å²) in [5.41, 5.74) is 0.979. The molecule has 18 heavy (non-hydrogen) atoms. The minimum atomic E-state index is -3.57. The number of hydrogen-bond donors (Lipinski definition) is 0. The molecule has 0 radical (unpaired) electrons. The first-order valence-corrected chi connectivity index (χ1v) is 8.75. The molecule has 92 valence electrons. The molecule has 0 fully saturated rings. The monoisotopic (exact) mass is 319 g/mol. The van der Waals surface area contributed by atoms with Crippen LogP contribution in [0.2, 0.25) is 5.15 Å². The molecule has 1 aromatic carbocycles. The number of benzene rings is 1. The lowest BCUT2D eigenvalue weighted by Crippen LogP contribution is -1.90. The summed E-state index contributed by atoms with van der Waals surface area (Å²) >= 11 is 17.6. The van der Waals surface area contributed by atoms with Gasteiger partial charge in [0.1, 0.15) is 11.5 Å². The Bertz CT molecular complexity index is 811. The maximum atomic E-state index is 12.0. The lowest BCUT2D eigenvalue weighted by atomic mass is 10.2. The van der Waals surface area contributed by atoms with Crippen LogP contribution in [0.25, 0.3) is 21.9 Å². The van der Waals surface area contributed by atoms with Crippen LogP contribution in [-0.4, -0.2) is 14.3 Å². The summed E-state index contributed by atoms with van der Waals surface area (Å²) in [7, 11) is 0. The van der Waals surface area contributed by atoms with Gasteiger partial charge in [-0.3, -0.25) is 8.90 Å². The molecule has 3 aromatic rings. The van der Waals surface area contributed by atoms with Crippen molar-refractivity contribution in [2.75, 3.05) is 0 Å². The molecule has 0 saturated heterocycles. The molecule has 2 aromatic heterocycles. The molecule has 0 spiro atoms.